The number of halogens is 3. The minimum atomic E-state index is -0.877. The van der Waals surface area contributed by atoms with Gasteiger partial charge in [-0.25, -0.2) is 18.6 Å². The minimum Gasteiger partial charge on any atom is -0.461 e. The van der Waals surface area contributed by atoms with Crippen molar-refractivity contribution in [2.24, 2.45) is 11.8 Å². The summed E-state index contributed by atoms with van der Waals surface area (Å²) in [6.45, 7) is 8.24. The van der Waals surface area contributed by atoms with Gasteiger partial charge in [0.05, 0.1) is 10.9 Å². The smallest absolute Gasteiger partial charge is 0.407 e. The predicted octanol–water partition coefficient (Wildman–Crippen LogP) is 3.73. The van der Waals surface area contributed by atoms with Crippen LogP contribution < -0.4 is 15.0 Å². The molecule has 0 bridgehead atoms. The van der Waals surface area contributed by atoms with Crippen molar-refractivity contribution >= 4 is 34.4 Å². The Morgan fingerprint density at radius 3 is 2.76 bits per heavy atom. The standard InChI is InChI=1S/C25H31ClF2N6O3/c1-24(2,3)37-23(35)31-18-15-10-33(11-16(15)18)21-14-8-29-20(26)17(28)19(14)30-22(32-21)36-12-25-5-4-6-34(25)9-13(27)7-25/h8,13,15-16,18H,4-7,9-12H2,1-3H3,(H,31,35)/t13-,15-,16+,18?,25+/m1/s1. The first kappa shape index (κ1) is 24.8. The lowest BCUT2D eigenvalue weighted by atomic mass is 9.95. The molecule has 4 fully saturated rings. The zero-order chi connectivity index (χ0) is 26.1. The van der Waals surface area contributed by atoms with E-state index < -0.39 is 23.7 Å². The van der Waals surface area contributed by atoms with Gasteiger partial charge >= 0.3 is 12.1 Å². The molecule has 1 N–H and O–H groups in total. The molecule has 4 aliphatic rings. The molecule has 37 heavy (non-hydrogen) atoms. The number of aromatic nitrogens is 3. The van der Waals surface area contributed by atoms with E-state index in [0.717, 1.165) is 19.4 Å². The van der Waals surface area contributed by atoms with Crippen molar-refractivity contribution in [3.05, 3.63) is 17.2 Å². The van der Waals surface area contributed by atoms with E-state index >= 15 is 0 Å². The number of rotatable bonds is 5. The Labute approximate surface area is 218 Å². The van der Waals surface area contributed by atoms with Crippen LogP contribution in [0.4, 0.5) is 19.4 Å². The number of anilines is 1. The molecule has 1 amide bonds. The Balaban J connectivity index is 1.21. The number of pyridine rings is 1. The zero-order valence-corrected chi connectivity index (χ0v) is 21.9. The third-order valence-corrected chi connectivity index (χ3v) is 8.27. The highest BCUT2D eigenvalue weighted by molar-refractivity contribution is 6.30. The van der Waals surface area contributed by atoms with Gasteiger partial charge in [0.25, 0.3) is 0 Å². The average molecular weight is 537 g/mol. The highest BCUT2D eigenvalue weighted by Gasteiger charge is 2.57. The molecule has 12 heteroatoms. The Morgan fingerprint density at radius 1 is 1.27 bits per heavy atom. The predicted molar refractivity (Wildman–Crippen MR) is 133 cm³/mol. The number of ether oxygens (including phenoxy) is 2. The molecule has 2 aromatic rings. The Morgan fingerprint density at radius 2 is 2.03 bits per heavy atom. The molecule has 9 nitrogen and oxygen atoms in total. The van der Waals surface area contributed by atoms with Gasteiger partial charge in [-0.15, -0.1) is 0 Å². The number of alkyl halides is 1. The Hall–Kier alpha value is -2.53. The molecule has 5 heterocycles. The monoisotopic (exact) mass is 536 g/mol. The lowest BCUT2D eigenvalue weighted by molar-refractivity contribution is 0.0518. The number of nitrogens with zero attached hydrogens (tertiary/aromatic N) is 5. The van der Waals surface area contributed by atoms with Gasteiger partial charge in [0.1, 0.15) is 29.7 Å². The number of piperidine rings is 1. The fraction of sp³-hybridized carbons (Fsp3) is 0.680. The van der Waals surface area contributed by atoms with Crippen molar-refractivity contribution in [1.29, 1.82) is 0 Å². The van der Waals surface area contributed by atoms with E-state index in [1.165, 1.54) is 6.20 Å². The third-order valence-electron chi connectivity index (χ3n) is 8.01. The summed E-state index contributed by atoms with van der Waals surface area (Å²) in [5.41, 5.74) is -0.894. The maximum absolute atomic E-state index is 15.0. The third kappa shape index (κ3) is 4.54. The Kier molecular flexibility index (Phi) is 5.87. The normalized spacial score (nSPS) is 30.9. The summed E-state index contributed by atoms with van der Waals surface area (Å²) >= 11 is 5.96. The van der Waals surface area contributed by atoms with Crippen LogP contribution in [0, 0.1) is 17.7 Å². The Bertz CT molecular complexity index is 1230. The highest BCUT2D eigenvalue weighted by atomic mass is 35.5. The number of fused-ring (bicyclic) bond motifs is 3. The summed E-state index contributed by atoms with van der Waals surface area (Å²) in [4.78, 5) is 29.3. The van der Waals surface area contributed by atoms with Crippen molar-refractivity contribution in [2.45, 2.75) is 63.4 Å². The topological polar surface area (TPSA) is 92.7 Å². The first-order valence-electron chi connectivity index (χ1n) is 12.8. The number of carbonyl (C=O) groups excluding carboxylic acids is 1. The number of hydrogen-bond acceptors (Lipinski definition) is 8. The SMILES string of the molecule is CC(C)(C)OC(=O)NC1[C@H]2CN(c3nc(OC[C@@]45CCCN4C[C@H](F)C5)nc4c(F)c(Cl)ncc34)C[C@@H]12. The number of hydrogen-bond donors (Lipinski definition) is 1. The summed E-state index contributed by atoms with van der Waals surface area (Å²) in [6.07, 6.45) is 2.43. The van der Waals surface area contributed by atoms with Gasteiger partial charge in [0.2, 0.25) is 0 Å². The maximum atomic E-state index is 15.0. The molecular formula is C25H31ClF2N6O3. The lowest BCUT2D eigenvalue weighted by Gasteiger charge is -2.31. The minimum absolute atomic E-state index is 0.0303. The van der Waals surface area contributed by atoms with Crippen molar-refractivity contribution < 1.29 is 23.0 Å². The molecule has 6 rings (SSSR count). The molecule has 1 aliphatic carbocycles. The number of nitrogens with one attached hydrogen (secondary N) is 1. The first-order chi connectivity index (χ1) is 17.5. The van der Waals surface area contributed by atoms with E-state index in [9.17, 15) is 13.6 Å². The van der Waals surface area contributed by atoms with Gasteiger partial charge in [0.15, 0.2) is 11.0 Å². The molecule has 0 aromatic carbocycles. The molecule has 2 aromatic heterocycles. The van der Waals surface area contributed by atoms with Crippen LogP contribution in [-0.2, 0) is 4.74 Å². The van der Waals surface area contributed by atoms with Crippen LogP contribution in [0.1, 0.15) is 40.0 Å². The summed E-state index contributed by atoms with van der Waals surface area (Å²) in [5.74, 6) is 0.254. The molecular weight excluding hydrogens is 506 g/mol. The second-order valence-electron chi connectivity index (χ2n) is 11.7. The summed E-state index contributed by atoms with van der Waals surface area (Å²) in [6, 6.07) is 0.0684. The van der Waals surface area contributed by atoms with E-state index in [-0.39, 0.29) is 46.7 Å². The lowest BCUT2D eigenvalue weighted by Crippen LogP contribution is -2.43. The van der Waals surface area contributed by atoms with Crippen LogP contribution in [0.2, 0.25) is 5.15 Å². The van der Waals surface area contributed by atoms with Crippen molar-refractivity contribution in [3.8, 4) is 6.01 Å². The summed E-state index contributed by atoms with van der Waals surface area (Å²) in [7, 11) is 0. The van der Waals surface area contributed by atoms with Crippen molar-refractivity contribution in [3.63, 3.8) is 0 Å². The molecule has 0 radical (unpaired) electrons. The van der Waals surface area contributed by atoms with Gasteiger partial charge in [-0.2, -0.15) is 9.97 Å². The van der Waals surface area contributed by atoms with Crippen molar-refractivity contribution in [1.82, 2.24) is 25.2 Å². The quantitative estimate of drug-likeness (QED) is 0.578. The van der Waals surface area contributed by atoms with Gasteiger partial charge in [-0.05, 0) is 40.2 Å². The van der Waals surface area contributed by atoms with Crippen molar-refractivity contribution in [2.75, 3.05) is 37.7 Å². The number of carbonyl (C=O) groups is 1. The van der Waals surface area contributed by atoms with Gasteiger partial charge < -0.3 is 19.7 Å². The molecule has 0 spiro atoms. The fourth-order valence-electron chi connectivity index (χ4n) is 6.31. The van der Waals surface area contributed by atoms with Gasteiger partial charge in [-0.1, -0.05) is 11.6 Å². The maximum Gasteiger partial charge on any atom is 0.407 e. The largest absolute Gasteiger partial charge is 0.461 e. The van der Waals surface area contributed by atoms with E-state index in [2.05, 4.69) is 25.2 Å². The second kappa shape index (κ2) is 8.76. The van der Waals surface area contributed by atoms with E-state index in [0.29, 0.717) is 37.3 Å². The number of amides is 1. The summed E-state index contributed by atoms with van der Waals surface area (Å²) in [5, 5.41) is 3.12. The van der Waals surface area contributed by atoms with Gasteiger partial charge in [-0.3, -0.25) is 4.90 Å². The van der Waals surface area contributed by atoms with Crippen LogP contribution in [0.5, 0.6) is 6.01 Å². The summed E-state index contributed by atoms with van der Waals surface area (Å²) < 4.78 is 40.6. The second-order valence-corrected chi connectivity index (χ2v) is 12.1. The van der Waals surface area contributed by atoms with Crippen LogP contribution in [0.3, 0.4) is 0 Å². The average Bonchev–Trinajstić information content (AvgIpc) is 3.17. The molecule has 1 unspecified atom stereocenters. The van der Waals surface area contributed by atoms with Crippen LogP contribution in [0.25, 0.3) is 10.9 Å². The molecule has 1 saturated carbocycles. The number of alkyl carbamates (subject to hydrolysis) is 1. The zero-order valence-electron chi connectivity index (χ0n) is 21.1. The fourth-order valence-corrected chi connectivity index (χ4v) is 6.45. The van der Waals surface area contributed by atoms with E-state index in [1.54, 1.807) is 0 Å². The molecule has 3 saturated heterocycles. The van der Waals surface area contributed by atoms with Crippen LogP contribution in [-0.4, -0.2) is 82.1 Å². The highest BCUT2D eigenvalue weighted by Crippen LogP contribution is 2.48. The van der Waals surface area contributed by atoms with E-state index in [4.69, 9.17) is 21.1 Å². The van der Waals surface area contributed by atoms with Gasteiger partial charge in [0, 0.05) is 50.1 Å². The van der Waals surface area contributed by atoms with E-state index in [1.807, 2.05) is 25.7 Å². The van der Waals surface area contributed by atoms with Crippen LogP contribution >= 0.6 is 11.6 Å². The molecule has 3 aliphatic heterocycles. The molecule has 200 valence electrons. The molecule has 5 atom stereocenters. The first-order valence-corrected chi connectivity index (χ1v) is 13.2. The van der Waals surface area contributed by atoms with Crippen LogP contribution in [0.15, 0.2) is 6.20 Å².